The van der Waals surface area contributed by atoms with E-state index in [1.54, 1.807) is 0 Å². The van der Waals surface area contributed by atoms with Crippen LogP contribution in [0.3, 0.4) is 0 Å². The van der Waals surface area contributed by atoms with Crippen LogP contribution in [0.25, 0.3) is 0 Å². The molecule has 1 aliphatic rings. The maximum Gasteiger partial charge on any atom is 0.331 e. The van der Waals surface area contributed by atoms with Gasteiger partial charge in [-0.15, -0.1) is 0 Å². The van der Waals surface area contributed by atoms with Crippen molar-refractivity contribution in [2.24, 2.45) is 0 Å². The number of hydrogen-bond acceptors (Lipinski definition) is 3. The van der Waals surface area contributed by atoms with Crippen LogP contribution < -0.4 is 4.90 Å². The zero-order valence-corrected chi connectivity index (χ0v) is 8.48. The second kappa shape index (κ2) is 3.48. The fraction of sp³-hybridized carbons (Fsp3) is 0.200. The van der Waals surface area contributed by atoms with Crippen molar-refractivity contribution in [3.05, 3.63) is 24.0 Å². The standard InChI is InChI=1S/C10H9FN2O3/c1-12-5-9(15)13(10(12)16)7-2-6(11)3-8(14)4-7/h2-4,14H,5H2,1H3. The van der Waals surface area contributed by atoms with Crippen molar-refractivity contribution in [3.8, 4) is 5.75 Å². The largest absolute Gasteiger partial charge is 0.508 e. The number of urea groups is 1. The summed E-state index contributed by atoms with van der Waals surface area (Å²) in [5.41, 5.74) is 0.0388. The number of likely N-dealkylation sites (N-methyl/N-ethyl adjacent to an activating group) is 1. The van der Waals surface area contributed by atoms with Crippen LogP contribution in [0.2, 0.25) is 0 Å². The zero-order valence-electron chi connectivity index (χ0n) is 8.48. The maximum absolute atomic E-state index is 13.0. The molecule has 5 nitrogen and oxygen atoms in total. The Morgan fingerprint density at radius 1 is 1.31 bits per heavy atom. The lowest BCUT2D eigenvalue weighted by Gasteiger charge is -2.14. The summed E-state index contributed by atoms with van der Waals surface area (Å²) in [6.45, 7) is -0.0455. The van der Waals surface area contributed by atoms with E-state index in [1.807, 2.05) is 0 Å². The molecule has 6 heteroatoms. The summed E-state index contributed by atoms with van der Waals surface area (Å²) in [4.78, 5) is 25.1. The predicted octanol–water partition coefficient (Wildman–Crippen LogP) is 0.930. The van der Waals surface area contributed by atoms with E-state index in [2.05, 4.69) is 0 Å². The minimum atomic E-state index is -0.704. The molecule has 0 aliphatic carbocycles. The average molecular weight is 224 g/mol. The van der Waals surface area contributed by atoms with Gasteiger partial charge in [-0.05, 0) is 6.07 Å². The smallest absolute Gasteiger partial charge is 0.331 e. The summed E-state index contributed by atoms with van der Waals surface area (Å²) in [7, 11) is 1.47. The first kappa shape index (κ1) is 10.4. The molecule has 0 atom stereocenters. The second-order valence-electron chi connectivity index (χ2n) is 3.54. The highest BCUT2D eigenvalue weighted by atomic mass is 19.1. The third kappa shape index (κ3) is 1.58. The molecule has 2 rings (SSSR count). The number of phenols is 1. The third-order valence-electron chi connectivity index (χ3n) is 2.27. The third-order valence-corrected chi connectivity index (χ3v) is 2.27. The summed E-state index contributed by atoms with van der Waals surface area (Å²) < 4.78 is 13.0. The highest BCUT2D eigenvalue weighted by molar-refractivity contribution is 6.19. The lowest BCUT2D eigenvalue weighted by atomic mass is 10.2. The molecule has 1 N–H and O–H groups in total. The highest BCUT2D eigenvalue weighted by Crippen LogP contribution is 2.25. The fourth-order valence-electron chi connectivity index (χ4n) is 1.56. The minimum Gasteiger partial charge on any atom is -0.508 e. The summed E-state index contributed by atoms with van der Waals surface area (Å²) in [6.07, 6.45) is 0. The van der Waals surface area contributed by atoms with Crippen LogP contribution in [0.5, 0.6) is 5.75 Å². The molecule has 1 fully saturated rings. The molecular formula is C10H9FN2O3. The van der Waals surface area contributed by atoms with E-state index in [0.717, 1.165) is 23.1 Å². The van der Waals surface area contributed by atoms with Crippen molar-refractivity contribution in [2.75, 3.05) is 18.5 Å². The quantitative estimate of drug-likeness (QED) is 0.722. The van der Waals surface area contributed by atoms with E-state index >= 15 is 0 Å². The van der Waals surface area contributed by atoms with Gasteiger partial charge in [0.05, 0.1) is 5.69 Å². The highest BCUT2D eigenvalue weighted by Gasteiger charge is 2.35. The van der Waals surface area contributed by atoms with E-state index in [0.29, 0.717) is 0 Å². The number of nitrogens with zero attached hydrogens (tertiary/aromatic N) is 2. The maximum atomic E-state index is 13.0. The number of phenolic OH excluding ortho intramolecular Hbond substituents is 1. The first-order valence-electron chi connectivity index (χ1n) is 4.56. The number of benzene rings is 1. The van der Waals surface area contributed by atoms with Gasteiger partial charge in [-0.3, -0.25) is 4.79 Å². The molecule has 1 aliphatic heterocycles. The van der Waals surface area contributed by atoms with Crippen LogP contribution in [0.1, 0.15) is 0 Å². The van der Waals surface area contributed by atoms with Crippen molar-refractivity contribution in [3.63, 3.8) is 0 Å². The number of anilines is 1. The van der Waals surface area contributed by atoms with E-state index in [4.69, 9.17) is 0 Å². The van der Waals surface area contributed by atoms with Gasteiger partial charge in [0.1, 0.15) is 18.1 Å². The summed E-state index contributed by atoms with van der Waals surface area (Å²) in [5.74, 6) is -1.48. The SMILES string of the molecule is CN1CC(=O)N(c2cc(O)cc(F)c2)C1=O. The van der Waals surface area contributed by atoms with Crippen LogP contribution >= 0.6 is 0 Å². The zero-order chi connectivity index (χ0) is 11.9. The second-order valence-corrected chi connectivity index (χ2v) is 3.54. The van der Waals surface area contributed by atoms with E-state index in [-0.39, 0.29) is 18.0 Å². The number of halogens is 1. The fourth-order valence-corrected chi connectivity index (χ4v) is 1.56. The number of aromatic hydroxyl groups is 1. The number of amides is 3. The van der Waals surface area contributed by atoms with Crippen molar-refractivity contribution in [2.45, 2.75) is 0 Å². The Morgan fingerprint density at radius 3 is 2.50 bits per heavy atom. The Morgan fingerprint density at radius 2 is 2.00 bits per heavy atom. The van der Waals surface area contributed by atoms with Gasteiger partial charge in [0.2, 0.25) is 0 Å². The van der Waals surface area contributed by atoms with Crippen LogP contribution in [0, 0.1) is 5.82 Å². The van der Waals surface area contributed by atoms with Gasteiger partial charge < -0.3 is 10.0 Å². The minimum absolute atomic E-state index is 0.0388. The Kier molecular flexibility index (Phi) is 2.26. The van der Waals surface area contributed by atoms with Gasteiger partial charge in [-0.2, -0.15) is 0 Å². The molecule has 1 saturated heterocycles. The Bertz CT molecular complexity index is 455. The predicted molar refractivity (Wildman–Crippen MR) is 53.6 cm³/mol. The van der Waals surface area contributed by atoms with Gasteiger partial charge in [-0.25, -0.2) is 14.1 Å². The van der Waals surface area contributed by atoms with Gasteiger partial charge in [0.15, 0.2) is 0 Å². The van der Waals surface area contributed by atoms with Gasteiger partial charge >= 0.3 is 6.03 Å². The van der Waals surface area contributed by atoms with E-state index in [1.165, 1.54) is 11.9 Å². The van der Waals surface area contributed by atoms with Crippen LogP contribution in [0.4, 0.5) is 14.9 Å². The Labute approximate surface area is 90.7 Å². The topological polar surface area (TPSA) is 60.9 Å². The molecule has 1 aromatic carbocycles. The molecule has 84 valence electrons. The summed E-state index contributed by atoms with van der Waals surface area (Å²) in [5, 5.41) is 9.19. The molecule has 16 heavy (non-hydrogen) atoms. The number of carbonyl (C=O) groups is 2. The number of imide groups is 1. The molecule has 1 aromatic rings. The van der Waals surface area contributed by atoms with E-state index < -0.39 is 17.8 Å². The molecule has 0 saturated carbocycles. The molecule has 0 aromatic heterocycles. The summed E-state index contributed by atoms with van der Waals surface area (Å²) in [6, 6.07) is 2.56. The lowest BCUT2D eigenvalue weighted by Crippen LogP contribution is -2.31. The van der Waals surface area contributed by atoms with Crippen molar-refractivity contribution >= 4 is 17.6 Å². The summed E-state index contributed by atoms with van der Waals surface area (Å²) >= 11 is 0. The van der Waals surface area contributed by atoms with E-state index in [9.17, 15) is 19.1 Å². The average Bonchev–Trinajstić information content (AvgIpc) is 2.39. The van der Waals surface area contributed by atoms with Crippen molar-refractivity contribution in [1.82, 2.24) is 4.90 Å². The monoisotopic (exact) mass is 224 g/mol. The number of carbonyl (C=O) groups excluding carboxylic acids is 2. The van der Waals surface area contributed by atoms with Crippen molar-refractivity contribution in [1.29, 1.82) is 0 Å². The first-order chi connectivity index (χ1) is 7.49. The van der Waals surface area contributed by atoms with Crippen LogP contribution in [0.15, 0.2) is 18.2 Å². The molecule has 0 unspecified atom stereocenters. The molecule has 0 spiro atoms. The molecule has 1 heterocycles. The normalized spacial score (nSPS) is 16.1. The number of rotatable bonds is 1. The number of hydrogen-bond donors (Lipinski definition) is 1. The molecule has 3 amide bonds. The molecule has 0 radical (unpaired) electrons. The van der Waals surface area contributed by atoms with Gasteiger partial charge in [0.25, 0.3) is 5.91 Å². The molecular weight excluding hydrogens is 215 g/mol. The van der Waals surface area contributed by atoms with Crippen LogP contribution in [-0.4, -0.2) is 35.5 Å². The Hall–Kier alpha value is -2.11. The van der Waals surface area contributed by atoms with Gasteiger partial charge in [0, 0.05) is 19.2 Å². The van der Waals surface area contributed by atoms with Gasteiger partial charge in [-0.1, -0.05) is 0 Å². The lowest BCUT2D eigenvalue weighted by molar-refractivity contribution is -0.116. The van der Waals surface area contributed by atoms with Crippen molar-refractivity contribution < 1.29 is 19.1 Å². The first-order valence-corrected chi connectivity index (χ1v) is 4.56. The molecule has 0 bridgehead atoms. The Balaban J connectivity index is 2.44. The van der Waals surface area contributed by atoms with Crippen LogP contribution in [-0.2, 0) is 4.79 Å².